The van der Waals surface area contributed by atoms with Gasteiger partial charge in [0.05, 0.1) is 5.60 Å². The fourth-order valence-corrected chi connectivity index (χ4v) is 1.90. The van der Waals surface area contributed by atoms with Gasteiger partial charge in [0.1, 0.15) is 0 Å². The summed E-state index contributed by atoms with van der Waals surface area (Å²) >= 11 is 0. The number of hydrogen-bond acceptors (Lipinski definition) is 3. The fourth-order valence-electron chi connectivity index (χ4n) is 1.90. The number of amides is 1. The lowest BCUT2D eigenvalue weighted by Crippen LogP contribution is -2.47. The van der Waals surface area contributed by atoms with Crippen molar-refractivity contribution < 1.29 is 9.90 Å². The molecule has 0 aromatic rings. The predicted octanol–water partition coefficient (Wildman–Crippen LogP) is 0.927. The molecular formula is C12H24N2O2. The molecule has 0 radical (unpaired) electrons. The molecule has 0 bridgehead atoms. The molecule has 0 aromatic carbocycles. The summed E-state index contributed by atoms with van der Waals surface area (Å²) in [5.41, 5.74) is 4.78. The largest absolute Gasteiger partial charge is 0.388 e. The second kappa shape index (κ2) is 6.86. The zero-order valence-corrected chi connectivity index (χ0v) is 10.0. The summed E-state index contributed by atoms with van der Waals surface area (Å²) in [6.07, 6.45) is 7.42. The van der Waals surface area contributed by atoms with Crippen LogP contribution < -0.4 is 11.1 Å². The topological polar surface area (TPSA) is 75.4 Å². The average Bonchev–Trinajstić information content (AvgIpc) is 2.23. The monoisotopic (exact) mass is 228 g/mol. The van der Waals surface area contributed by atoms with Crippen LogP contribution >= 0.6 is 0 Å². The van der Waals surface area contributed by atoms with E-state index < -0.39 is 5.60 Å². The Morgan fingerprint density at radius 3 is 2.50 bits per heavy atom. The van der Waals surface area contributed by atoms with Crippen LogP contribution in [0.4, 0.5) is 0 Å². The van der Waals surface area contributed by atoms with E-state index in [9.17, 15) is 9.90 Å². The van der Waals surface area contributed by atoms with E-state index in [0.29, 0.717) is 13.0 Å². The Labute approximate surface area is 97.6 Å². The zero-order chi connectivity index (χ0) is 11.9. The Kier molecular flexibility index (Phi) is 5.77. The molecule has 4 N–H and O–H groups in total. The van der Waals surface area contributed by atoms with Gasteiger partial charge in [0.2, 0.25) is 5.91 Å². The van der Waals surface area contributed by atoms with Gasteiger partial charge < -0.3 is 16.2 Å². The number of nitrogens with two attached hydrogens (primary N) is 1. The van der Waals surface area contributed by atoms with Gasteiger partial charge in [-0.25, -0.2) is 0 Å². The van der Waals surface area contributed by atoms with E-state index in [2.05, 4.69) is 5.32 Å². The first kappa shape index (κ1) is 13.5. The molecule has 0 aromatic heterocycles. The van der Waals surface area contributed by atoms with Crippen molar-refractivity contribution in [2.45, 2.75) is 57.0 Å². The summed E-state index contributed by atoms with van der Waals surface area (Å²) in [4.78, 5) is 11.4. The quantitative estimate of drug-likeness (QED) is 0.541. The molecule has 4 heteroatoms. The zero-order valence-electron chi connectivity index (χ0n) is 10.0. The minimum absolute atomic E-state index is 0.0630. The van der Waals surface area contributed by atoms with E-state index in [-0.39, 0.29) is 5.91 Å². The highest BCUT2D eigenvalue weighted by atomic mass is 16.3. The summed E-state index contributed by atoms with van der Waals surface area (Å²) in [6, 6.07) is 0. The first-order chi connectivity index (χ1) is 7.66. The van der Waals surface area contributed by atoms with Crippen molar-refractivity contribution in [2.24, 2.45) is 5.73 Å². The number of nitrogens with one attached hydrogen (secondary N) is 1. The van der Waals surface area contributed by atoms with Gasteiger partial charge >= 0.3 is 0 Å². The van der Waals surface area contributed by atoms with E-state index in [1.54, 1.807) is 0 Å². The Morgan fingerprint density at radius 2 is 1.94 bits per heavy atom. The van der Waals surface area contributed by atoms with Crippen molar-refractivity contribution in [1.29, 1.82) is 0 Å². The fraction of sp³-hybridized carbons (Fsp3) is 0.917. The molecule has 16 heavy (non-hydrogen) atoms. The smallest absolute Gasteiger partial charge is 0.220 e. The van der Waals surface area contributed by atoms with Crippen molar-refractivity contribution >= 4 is 5.91 Å². The third kappa shape index (κ3) is 4.94. The standard InChI is InChI=1S/C12H24N2O2/c13-9-4-2-1-3-6-11(15)14-10-12(16)7-5-8-12/h16H,1-10,13H2,(H,14,15). The number of rotatable bonds is 8. The number of carbonyl (C=O) groups excluding carboxylic acids is 1. The molecule has 1 fully saturated rings. The summed E-state index contributed by atoms with van der Waals surface area (Å²) in [7, 11) is 0. The van der Waals surface area contributed by atoms with Crippen molar-refractivity contribution in [2.75, 3.05) is 13.1 Å². The van der Waals surface area contributed by atoms with Crippen LogP contribution in [0.3, 0.4) is 0 Å². The van der Waals surface area contributed by atoms with Crippen LogP contribution in [0.15, 0.2) is 0 Å². The SMILES string of the molecule is NCCCCCCC(=O)NCC1(O)CCC1. The van der Waals surface area contributed by atoms with Gasteiger partial charge in [-0.05, 0) is 38.6 Å². The van der Waals surface area contributed by atoms with Gasteiger partial charge in [-0.1, -0.05) is 12.8 Å². The molecule has 0 atom stereocenters. The first-order valence-corrected chi connectivity index (χ1v) is 6.35. The van der Waals surface area contributed by atoms with Gasteiger partial charge in [-0.3, -0.25) is 4.79 Å². The summed E-state index contributed by atoms with van der Waals surface area (Å²) in [6.45, 7) is 1.16. The molecule has 94 valence electrons. The molecule has 1 rings (SSSR count). The highest BCUT2D eigenvalue weighted by molar-refractivity contribution is 5.75. The van der Waals surface area contributed by atoms with Crippen LogP contribution in [0.25, 0.3) is 0 Å². The molecule has 4 nitrogen and oxygen atoms in total. The molecule has 0 aliphatic heterocycles. The Bertz CT molecular complexity index is 215. The van der Waals surface area contributed by atoms with Crippen LogP contribution in [0.2, 0.25) is 0 Å². The van der Waals surface area contributed by atoms with Gasteiger partial charge in [-0.15, -0.1) is 0 Å². The molecule has 1 saturated carbocycles. The van der Waals surface area contributed by atoms with Gasteiger partial charge in [-0.2, -0.15) is 0 Å². The highest BCUT2D eigenvalue weighted by Crippen LogP contribution is 2.30. The second-order valence-electron chi connectivity index (χ2n) is 4.81. The van der Waals surface area contributed by atoms with E-state index >= 15 is 0 Å². The van der Waals surface area contributed by atoms with E-state index in [4.69, 9.17) is 5.73 Å². The maximum Gasteiger partial charge on any atom is 0.220 e. The van der Waals surface area contributed by atoms with E-state index in [0.717, 1.165) is 51.5 Å². The molecule has 0 spiro atoms. The molecule has 0 heterocycles. The average molecular weight is 228 g/mol. The molecule has 1 aliphatic rings. The lowest BCUT2D eigenvalue weighted by Gasteiger charge is -2.36. The van der Waals surface area contributed by atoms with Gasteiger partial charge in [0, 0.05) is 13.0 Å². The van der Waals surface area contributed by atoms with Crippen LogP contribution in [0, 0.1) is 0 Å². The minimum atomic E-state index is -0.602. The number of carbonyl (C=O) groups is 1. The highest BCUT2D eigenvalue weighted by Gasteiger charge is 2.34. The van der Waals surface area contributed by atoms with Crippen LogP contribution in [-0.4, -0.2) is 29.7 Å². The predicted molar refractivity (Wildman–Crippen MR) is 63.9 cm³/mol. The van der Waals surface area contributed by atoms with Crippen LogP contribution in [0.1, 0.15) is 51.4 Å². The van der Waals surface area contributed by atoms with Crippen LogP contribution in [0.5, 0.6) is 0 Å². The summed E-state index contributed by atoms with van der Waals surface area (Å²) < 4.78 is 0. The maximum atomic E-state index is 11.4. The second-order valence-corrected chi connectivity index (χ2v) is 4.81. The molecule has 0 unspecified atom stereocenters. The number of unbranched alkanes of at least 4 members (excludes halogenated alkanes) is 3. The first-order valence-electron chi connectivity index (χ1n) is 6.35. The van der Waals surface area contributed by atoms with Crippen molar-refractivity contribution in [3.63, 3.8) is 0 Å². The minimum Gasteiger partial charge on any atom is -0.388 e. The Morgan fingerprint density at radius 1 is 1.25 bits per heavy atom. The van der Waals surface area contributed by atoms with E-state index in [1.807, 2.05) is 0 Å². The molecular weight excluding hydrogens is 204 g/mol. The van der Waals surface area contributed by atoms with Crippen LogP contribution in [-0.2, 0) is 4.79 Å². The number of aliphatic hydroxyl groups is 1. The summed E-state index contributed by atoms with van der Waals surface area (Å²) in [5, 5.41) is 12.6. The molecule has 1 aliphatic carbocycles. The molecule has 0 saturated heterocycles. The van der Waals surface area contributed by atoms with E-state index in [1.165, 1.54) is 0 Å². The van der Waals surface area contributed by atoms with Crippen molar-refractivity contribution in [3.05, 3.63) is 0 Å². The maximum absolute atomic E-state index is 11.4. The molecule has 1 amide bonds. The third-order valence-corrected chi connectivity index (χ3v) is 3.26. The normalized spacial score (nSPS) is 17.9. The van der Waals surface area contributed by atoms with Crippen molar-refractivity contribution in [3.8, 4) is 0 Å². The van der Waals surface area contributed by atoms with Gasteiger partial charge in [0.25, 0.3) is 0 Å². The van der Waals surface area contributed by atoms with Crippen molar-refractivity contribution in [1.82, 2.24) is 5.32 Å². The van der Waals surface area contributed by atoms with Gasteiger partial charge in [0.15, 0.2) is 0 Å². The Hall–Kier alpha value is -0.610. The Balaban J connectivity index is 1.94. The number of hydrogen-bond donors (Lipinski definition) is 3. The summed E-state index contributed by atoms with van der Waals surface area (Å²) in [5.74, 6) is 0.0630. The third-order valence-electron chi connectivity index (χ3n) is 3.26. The lowest BCUT2D eigenvalue weighted by atomic mass is 9.80. The lowest BCUT2D eigenvalue weighted by molar-refractivity contribution is -0.123.